The van der Waals surface area contributed by atoms with Gasteiger partial charge >= 0.3 is 0 Å². The molecule has 0 aliphatic carbocycles. The summed E-state index contributed by atoms with van der Waals surface area (Å²) < 4.78 is 4.74. The maximum atomic E-state index is 5.18. The summed E-state index contributed by atoms with van der Waals surface area (Å²) in [5.74, 6) is 0.895. The van der Waals surface area contributed by atoms with Gasteiger partial charge in [-0.2, -0.15) is 0 Å². The molecule has 4 heterocycles. The van der Waals surface area contributed by atoms with Gasteiger partial charge < -0.3 is 4.57 Å². The molecule has 0 saturated heterocycles. The van der Waals surface area contributed by atoms with Crippen LogP contribution in [-0.4, -0.2) is 19.1 Å². The molecule has 42 heavy (non-hydrogen) atoms. The molecule has 0 aliphatic rings. The maximum absolute atomic E-state index is 5.18. The Kier molecular flexibility index (Phi) is 4.87. The second-order valence-corrected chi connectivity index (χ2v) is 10.7. The normalized spacial score (nSPS) is 11.8. The van der Waals surface area contributed by atoms with Crippen molar-refractivity contribution in [3.8, 4) is 22.8 Å². The topological polar surface area (TPSA) is 35.6 Å². The van der Waals surface area contributed by atoms with Gasteiger partial charge in [-0.3, -0.25) is 9.55 Å². The Hall–Kier alpha value is -5.74. The number of benzene rings is 5. The second-order valence-electron chi connectivity index (χ2n) is 10.7. The van der Waals surface area contributed by atoms with Crippen LogP contribution in [0, 0.1) is 0 Å². The van der Waals surface area contributed by atoms with Crippen LogP contribution in [0.25, 0.3) is 77.1 Å². The van der Waals surface area contributed by atoms with E-state index in [-0.39, 0.29) is 0 Å². The molecule has 196 valence electrons. The van der Waals surface area contributed by atoms with E-state index in [1.807, 2.05) is 24.5 Å². The van der Waals surface area contributed by atoms with E-state index >= 15 is 0 Å². The molecule has 4 heteroatoms. The second kappa shape index (κ2) is 8.88. The Bertz CT molecular complexity index is 2450. The maximum Gasteiger partial charge on any atom is 0.138 e. The summed E-state index contributed by atoms with van der Waals surface area (Å²) in [5.41, 5.74) is 7.86. The first kappa shape index (κ1) is 23.0. The van der Waals surface area contributed by atoms with Gasteiger partial charge in [0.1, 0.15) is 5.82 Å². The number of para-hydroxylation sites is 3. The third-order valence-corrected chi connectivity index (χ3v) is 8.42. The quantitative estimate of drug-likeness (QED) is 0.225. The first-order chi connectivity index (χ1) is 20.9. The molecule has 4 nitrogen and oxygen atoms in total. The Morgan fingerprint density at radius 1 is 0.405 bits per heavy atom. The zero-order valence-corrected chi connectivity index (χ0v) is 22.6. The van der Waals surface area contributed by atoms with Crippen molar-refractivity contribution in [1.29, 1.82) is 0 Å². The highest BCUT2D eigenvalue weighted by molar-refractivity contribution is 6.26. The predicted octanol–water partition coefficient (Wildman–Crippen LogP) is 9.49. The summed E-state index contributed by atoms with van der Waals surface area (Å²) in [7, 11) is 0. The number of hydrogen-bond donors (Lipinski definition) is 0. The van der Waals surface area contributed by atoms with Crippen molar-refractivity contribution in [1.82, 2.24) is 19.1 Å². The molecule has 5 aromatic carbocycles. The largest absolute Gasteiger partial charge is 0.309 e. The summed E-state index contributed by atoms with van der Waals surface area (Å²) in [6.45, 7) is 0. The van der Waals surface area contributed by atoms with E-state index in [1.54, 1.807) is 0 Å². The van der Waals surface area contributed by atoms with Gasteiger partial charge in [-0.1, -0.05) is 84.9 Å². The lowest BCUT2D eigenvalue weighted by Crippen LogP contribution is -1.99. The molecule has 0 bridgehead atoms. The summed E-state index contributed by atoms with van der Waals surface area (Å²) in [6.07, 6.45) is 3.63. The van der Waals surface area contributed by atoms with Crippen molar-refractivity contribution in [3.63, 3.8) is 0 Å². The lowest BCUT2D eigenvalue weighted by Gasteiger charge is -2.13. The van der Waals surface area contributed by atoms with Gasteiger partial charge in [0.2, 0.25) is 0 Å². The van der Waals surface area contributed by atoms with Crippen LogP contribution >= 0.6 is 0 Å². The molecule has 0 spiro atoms. The van der Waals surface area contributed by atoms with Crippen LogP contribution < -0.4 is 0 Å². The fourth-order valence-corrected chi connectivity index (χ4v) is 6.64. The van der Waals surface area contributed by atoms with Gasteiger partial charge in [0, 0.05) is 56.0 Å². The first-order valence-corrected chi connectivity index (χ1v) is 14.2. The van der Waals surface area contributed by atoms with Crippen LogP contribution in [0.15, 0.2) is 146 Å². The fraction of sp³-hybridized carbons (Fsp3) is 0. The number of pyridine rings is 2. The number of hydrogen-bond acceptors (Lipinski definition) is 2. The van der Waals surface area contributed by atoms with E-state index in [4.69, 9.17) is 4.98 Å². The Labute approximate surface area is 241 Å². The van der Waals surface area contributed by atoms with Crippen molar-refractivity contribution < 1.29 is 0 Å². The molecule has 0 amide bonds. The van der Waals surface area contributed by atoms with Crippen LogP contribution in [0.2, 0.25) is 0 Å². The molecular formula is C38H24N4. The SMILES string of the molecule is c1ccc(-n2c3ccccc3c3ccc4c(ccc5c6ccccc6n(-c6cccc(-c7ccncc7)n6)c54)c32)cc1. The number of rotatable bonds is 3. The third kappa shape index (κ3) is 3.23. The molecule has 0 saturated carbocycles. The Balaban J connectivity index is 1.44. The van der Waals surface area contributed by atoms with Gasteiger partial charge in [0.25, 0.3) is 0 Å². The Morgan fingerprint density at radius 3 is 1.62 bits per heavy atom. The fourth-order valence-electron chi connectivity index (χ4n) is 6.64. The predicted molar refractivity (Wildman–Crippen MR) is 174 cm³/mol. The van der Waals surface area contributed by atoms with E-state index in [0.29, 0.717) is 0 Å². The van der Waals surface area contributed by atoms with Gasteiger partial charge in [0.15, 0.2) is 0 Å². The van der Waals surface area contributed by atoms with Gasteiger partial charge in [0.05, 0.1) is 27.8 Å². The highest BCUT2D eigenvalue weighted by Crippen LogP contribution is 2.41. The number of fused-ring (bicyclic) bond motifs is 9. The minimum atomic E-state index is 0.895. The van der Waals surface area contributed by atoms with Crippen LogP contribution in [0.1, 0.15) is 0 Å². The van der Waals surface area contributed by atoms with E-state index in [1.165, 1.54) is 48.9 Å². The molecule has 4 aromatic heterocycles. The first-order valence-electron chi connectivity index (χ1n) is 14.2. The highest BCUT2D eigenvalue weighted by atomic mass is 15.1. The molecule has 0 radical (unpaired) electrons. The lowest BCUT2D eigenvalue weighted by atomic mass is 10.0. The minimum absolute atomic E-state index is 0.895. The van der Waals surface area contributed by atoms with Crippen molar-refractivity contribution >= 4 is 54.4 Å². The molecule has 0 unspecified atom stereocenters. The molecule has 0 aliphatic heterocycles. The van der Waals surface area contributed by atoms with Crippen LogP contribution in [-0.2, 0) is 0 Å². The highest BCUT2D eigenvalue weighted by Gasteiger charge is 2.20. The van der Waals surface area contributed by atoms with Gasteiger partial charge in [-0.15, -0.1) is 0 Å². The van der Waals surface area contributed by atoms with E-state index < -0.39 is 0 Å². The minimum Gasteiger partial charge on any atom is -0.309 e. The average Bonchev–Trinajstić information content (AvgIpc) is 3.59. The molecule has 9 aromatic rings. The standard InChI is InChI=1S/C38H24N4/c1-2-9-26(10-3-1)41-34-14-6-4-11-27(34)29-17-20-32-31(37(29)41)19-18-30-28-12-5-7-15-35(28)42(38(30)32)36-16-8-13-33(40-36)25-21-23-39-24-22-25/h1-24H. The molecule has 0 atom stereocenters. The zero-order valence-electron chi connectivity index (χ0n) is 22.6. The lowest BCUT2D eigenvalue weighted by molar-refractivity contribution is 1.09. The van der Waals surface area contributed by atoms with Gasteiger partial charge in [-0.05, 0) is 48.5 Å². The number of aromatic nitrogens is 4. The van der Waals surface area contributed by atoms with Crippen molar-refractivity contribution in [3.05, 3.63) is 146 Å². The Morgan fingerprint density at radius 2 is 0.952 bits per heavy atom. The monoisotopic (exact) mass is 536 g/mol. The van der Waals surface area contributed by atoms with E-state index in [2.05, 4.69) is 135 Å². The number of nitrogens with zero attached hydrogens (tertiary/aromatic N) is 4. The van der Waals surface area contributed by atoms with Crippen LogP contribution in [0.5, 0.6) is 0 Å². The average molecular weight is 537 g/mol. The summed E-state index contributed by atoms with van der Waals surface area (Å²) in [5, 5.41) is 7.36. The van der Waals surface area contributed by atoms with E-state index in [0.717, 1.165) is 28.3 Å². The van der Waals surface area contributed by atoms with Gasteiger partial charge in [-0.25, -0.2) is 4.98 Å². The summed E-state index contributed by atoms with van der Waals surface area (Å²) >= 11 is 0. The summed E-state index contributed by atoms with van der Waals surface area (Å²) in [6, 6.07) is 47.5. The third-order valence-electron chi connectivity index (χ3n) is 8.42. The van der Waals surface area contributed by atoms with Crippen molar-refractivity contribution in [2.24, 2.45) is 0 Å². The van der Waals surface area contributed by atoms with Crippen molar-refractivity contribution in [2.75, 3.05) is 0 Å². The van der Waals surface area contributed by atoms with Crippen molar-refractivity contribution in [2.45, 2.75) is 0 Å². The van der Waals surface area contributed by atoms with E-state index in [9.17, 15) is 0 Å². The molecular weight excluding hydrogens is 512 g/mol. The molecule has 0 fully saturated rings. The van der Waals surface area contributed by atoms with Crippen LogP contribution in [0.3, 0.4) is 0 Å². The molecule has 0 N–H and O–H groups in total. The molecule has 9 rings (SSSR count). The smallest absolute Gasteiger partial charge is 0.138 e. The zero-order chi connectivity index (χ0) is 27.6. The summed E-state index contributed by atoms with van der Waals surface area (Å²) in [4.78, 5) is 9.38. The van der Waals surface area contributed by atoms with Crippen LogP contribution in [0.4, 0.5) is 0 Å².